The fourth-order valence-corrected chi connectivity index (χ4v) is 1.81. The van der Waals surface area contributed by atoms with Gasteiger partial charge in [-0.05, 0) is 37.1 Å². The number of hydrogen-bond acceptors (Lipinski definition) is 2. The van der Waals surface area contributed by atoms with Gasteiger partial charge in [0.25, 0.3) is 5.91 Å². The number of halogens is 1. The Bertz CT molecular complexity index is 485. The van der Waals surface area contributed by atoms with Crippen LogP contribution in [0, 0.1) is 12.7 Å². The number of amides is 1. The molecule has 1 atom stereocenters. The second-order valence-electron chi connectivity index (χ2n) is 3.89. The van der Waals surface area contributed by atoms with Gasteiger partial charge in [-0.15, -0.1) is 0 Å². The molecule has 4 nitrogen and oxygen atoms in total. The lowest BCUT2D eigenvalue weighted by Gasteiger charge is -2.11. The summed E-state index contributed by atoms with van der Waals surface area (Å²) in [5, 5.41) is 5.58. The summed E-state index contributed by atoms with van der Waals surface area (Å²) in [6.07, 6.45) is 0. The average Bonchev–Trinajstić information content (AvgIpc) is 2.64. The average molecular weight is 235 g/mol. The van der Waals surface area contributed by atoms with Crippen molar-refractivity contribution >= 4 is 11.9 Å². The number of rotatable bonds is 2. The van der Waals surface area contributed by atoms with Gasteiger partial charge in [0.05, 0.1) is 0 Å². The number of guanidine groups is 1. The number of aliphatic imine (C=N–C) groups is 1. The van der Waals surface area contributed by atoms with Crippen molar-refractivity contribution in [2.24, 2.45) is 4.99 Å². The number of hydrogen-bond donors (Lipinski definition) is 2. The lowest BCUT2D eigenvalue weighted by Crippen LogP contribution is -2.25. The molecule has 17 heavy (non-hydrogen) atoms. The van der Waals surface area contributed by atoms with E-state index in [9.17, 15) is 9.18 Å². The van der Waals surface area contributed by atoms with Crippen molar-refractivity contribution in [3.05, 3.63) is 35.1 Å². The molecular weight excluding hydrogens is 221 g/mol. The van der Waals surface area contributed by atoms with Gasteiger partial charge in [-0.3, -0.25) is 15.1 Å². The van der Waals surface area contributed by atoms with E-state index in [2.05, 4.69) is 15.6 Å². The Kier molecular flexibility index (Phi) is 3.08. The van der Waals surface area contributed by atoms with Crippen LogP contribution in [0.5, 0.6) is 0 Å². The third-order valence-electron chi connectivity index (χ3n) is 2.65. The summed E-state index contributed by atoms with van der Waals surface area (Å²) < 4.78 is 13.2. The molecule has 1 fully saturated rings. The molecule has 1 aromatic carbocycles. The van der Waals surface area contributed by atoms with Gasteiger partial charge in [-0.2, -0.15) is 0 Å². The molecule has 1 amide bonds. The highest BCUT2D eigenvalue weighted by Crippen LogP contribution is 2.21. The number of nitrogens with one attached hydrogen (secondary N) is 2. The SMILES string of the molecule is CCN=C1NC(=O)C(c2cc(F)ccc2C)N1. The van der Waals surface area contributed by atoms with Crippen LogP contribution in [0.4, 0.5) is 4.39 Å². The van der Waals surface area contributed by atoms with Gasteiger partial charge in [0.2, 0.25) is 0 Å². The van der Waals surface area contributed by atoms with Crippen LogP contribution in [0.15, 0.2) is 23.2 Å². The van der Waals surface area contributed by atoms with Crippen LogP contribution in [0.2, 0.25) is 0 Å². The molecule has 1 unspecified atom stereocenters. The van der Waals surface area contributed by atoms with E-state index in [1.807, 2.05) is 13.8 Å². The maximum absolute atomic E-state index is 13.2. The molecule has 5 heteroatoms. The first-order valence-corrected chi connectivity index (χ1v) is 5.49. The summed E-state index contributed by atoms with van der Waals surface area (Å²) >= 11 is 0. The molecule has 0 bridgehead atoms. The van der Waals surface area contributed by atoms with E-state index in [0.717, 1.165) is 5.56 Å². The van der Waals surface area contributed by atoms with Crippen LogP contribution in [0.25, 0.3) is 0 Å². The first-order chi connectivity index (χ1) is 8.11. The molecule has 1 heterocycles. The third-order valence-corrected chi connectivity index (χ3v) is 2.65. The van der Waals surface area contributed by atoms with Crippen molar-refractivity contribution < 1.29 is 9.18 Å². The van der Waals surface area contributed by atoms with Gasteiger partial charge in [0, 0.05) is 6.54 Å². The van der Waals surface area contributed by atoms with E-state index in [1.54, 1.807) is 6.07 Å². The van der Waals surface area contributed by atoms with Crippen molar-refractivity contribution in [1.29, 1.82) is 0 Å². The Morgan fingerprint density at radius 2 is 2.24 bits per heavy atom. The number of carbonyl (C=O) groups excluding carboxylic acids is 1. The molecule has 2 rings (SSSR count). The zero-order chi connectivity index (χ0) is 12.4. The fourth-order valence-electron chi connectivity index (χ4n) is 1.81. The maximum Gasteiger partial charge on any atom is 0.253 e. The minimum absolute atomic E-state index is 0.203. The summed E-state index contributed by atoms with van der Waals surface area (Å²) in [5.41, 5.74) is 1.51. The van der Waals surface area contributed by atoms with Crippen LogP contribution in [-0.4, -0.2) is 18.4 Å². The van der Waals surface area contributed by atoms with Crippen molar-refractivity contribution in [2.45, 2.75) is 19.9 Å². The Balaban J connectivity index is 2.32. The van der Waals surface area contributed by atoms with Crippen molar-refractivity contribution in [1.82, 2.24) is 10.6 Å². The van der Waals surface area contributed by atoms with Gasteiger partial charge in [-0.25, -0.2) is 4.39 Å². The van der Waals surface area contributed by atoms with Crippen LogP contribution in [-0.2, 0) is 4.79 Å². The number of benzene rings is 1. The third kappa shape index (κ3) is 2.27. The Morgan fingerprint density at radius 3 is 2.94 bits per heavy atom. The predicted octanol–water partition coefficient (Wildman–Crippen LogP) is 1.27. The molecule has 1 aromatic rings. The molecule has 0 radical (unpaired) electrons. The largest absolute Gasteiger partial charge is 0.340 e. The predicted molar refractivity (Wildman–Crippen MR) is 63.1 cm³/mol. The van der Waals surface area contributed by atoms with E-state index < -0.39 is 6.04 Å². The summed E-state index contributed by atoms with van der Waals surface area (Å²) in [4.78, 5) is 15.8. The van der Waals surface area contributed by atoms with E-state index in [-0.39, 0.29) is 11.7 Å². The molecule has 1 saturated heterocycles. The lowest BCUT2D eigenvalue weighted by atomic mass is 10.0. The van der Waals surface area contributed by atoms with Gasteiger partial charge in [0.15, 0.2) is 5.96 Å². The summed E-state index contributed by atoms with van der Waals surface area (Å²) in [7, 11) is 0. The number of nitrogens with zero attached hydrogens (tertiary/aromatic N) is 1. The second-order valence-corrected chi connectivity index (χ2v) is 3.89. The molecule has 0 aromatic heterocycles. The first kappa shape index (κ1) is 11.6. The van der Waals surface area contributed by atoms with Gasteiger partial charge >= 0.3 is 0 Å². The number of aryl methyl sites for hydroxylation is 1. The summed E-state index contributed by atoms with van der Waals surface area (Å²) in [6.45, 7) is 4.30. The zero-order valence-corrected chi connectivity index (χ0v) is 9.75. The molecule has 0 aliphatic carbocycles. The van der Waals surface area contributed by atoms with Gasteiger partial charge in [0.1, 0.15) is 11.9 Å². The van der Waals surface area contributed by atoms with Crippen molar-refractivity contribution in [3.8, 4) is 0 Å². The van der Waals surface area contributed by atoms with Crippen LogP contribution >= 0.6 is 0 Å². The molecule has 2 N–H and O–H groups in total. The Hall–Kier alpha value is -1.91. The highest BCUT2D eigenvalue weighted by molar-refractivity contribution is 6.06. The van der Waals surface area contributed by atoms with Crippen molar-refractivity contribution in [2.75, 3.05) is 6.54 Å². The second kappa shape index (κ2) is 4.53. The minimum Gasteiger partial charge on any atom is -0.340 e. The van der Waals surface area contributed by atoms with Crippen molar-refractivity contribution in [3.63, 3.8) is 0 Å². The Morgan fingerprint density at radius 1 is 1.47 bits per heavy atom. The topological polar surface area (TPSA) is 53.5 Å². The molecular formula is C12H14FN3O. The quantitative estimate of drug-likeness (QED) is 0.811. The fraction of sp³-hybridized carbons (Fsp3) is 0.333. The highest BCUT2D eigenvalue weighted by Gasteiger charge is 2.30. The summed E-state index contributed by atoms with van der Waals surface area (Å²) in [5.74, 6) is -0.0989. The highest BCUT2D eigenvalue weighted by atomic mass is 19.1. The molecule has 90 valence electrons. The van der Waals surface area contributed by atoms with E-state index in [4.69, 9.17) is 0 Å². The standard InChI is InChI=1S/C12H14FN3O/c1-3-14-12-15-10(11(17)16-12)9-6-8(13)5-4-7(9)2/h4-6,10H,3H2,1-2H3,(H2,14,15,16,17). The number of carbonyl (C=O) groups is 1. The lowest BCUT2D eigenvalue weighted by molar-refractivity contribution is -0.120. The molecule has 0 saturated carbocycles. The van der Waals surface area contributed by atoms with Gasteiger partial charge < -0.3 is 5.32 Å². The van der Waals surface area contributed by atoms with Crippen LogP contribution in [0.3, 0.4) is 0 Å². The monoisotopic (exact) mass is 235 g/mol. The first-order valence-electron chi connectivity index (χ1n) is 5.49. The molecule has 1 aliphatic heterocycles. The van der Waals surface area contributed by atoms with E-state index in [0.29, 0.717) is 18.1 Å². The molecule has 0 spiro atoms. The molecule has 1 aliphatic rings. The normalized spacial score (nSPS) is 21.5. The zero-order valence-electron chi connectivity index (χ0n) is 9.75. The van der Waals surface area contributed by atoms with Crippen LogP contribution in [0.1, 0.15) is 24.1 Å². The van der Waals surface area contributed by atoms with E-state index in [1.165, 1.54) is 12.1 Å². The van der Waals surface area contributed by atoms with E-state index >= 15 is 0 Å². The van der Waals surface area contributed by atoms with Gasteiger partial charge in [-0.1, -0.05) is 6.07 Å². The van der Waals surface area contributed by atoms with Crippen LogP contribution < -0.4 is 10.6 Å². The Labute approximate surface area is 98.9 Å². The minimum atomic E-state index is -0.559. The maximum atomic E-state index is 13.2. The smallest absolute Gasteiger partial charge is 0.253 e. The summed E-state index contributed by atoms with van der Waals surface area (Å²) in [6, 6.07) is 3.86.